The molecule has 1 unspecified atom stereocenters. The van der Waals surface area contributed by atoms with Crippen LogP contribution >= 0.6 is 27.5 Å². The number of halogens is 2. The largest absolute Gasteiger partial charge is 0.479 e. The Morgan fingerprint density at radius 1 is 1.47 bits per heavy atom. The van der Waals surface area contributed by atoms with Gasteiger partial charge in [0.05, 0.1) is 0 Å². The van der Waals surface area contributed by atoms with E-state index in [0.717, 1.165) is 24.0 Å². The number of alkyl halides is 2. The van der Waals surface area contributed by atoms with Crippen LogP contribution in [0.1, 0.15) is 29.2 Å². The first-order valence-electron chi connectivity index (χ1n) is 5.24. The SMILES string of the molecule is O=C(O)C(O)c1cc(CCCCl)ccc1CBr. The van der Waals surface area contributed by atoms with E-state index in [4.69, 9.17) is 16.7 Å². The van der Waals surface area contributed by atoms with Crippen LogP contribution in [0.2, 0.25) is 0 Å². The number of aryl methyl sites for hydroxylation is 1. The van der Waals surface area contributed by atoms with E-state index in [2.05, 4.69) is 15.9 Å². The number of aliphatic hydroxyl groups excluding tert-OH is 1. The molecule has 1 aromatic rings. The maximum atomic E-state index is 10.8. The second-order valence-corrected chi connectivity index (χ2v) is 4.64. The van der Waals surface area contributed by atoms with Crippen molar-refractivity contribution in [2.75, 3.05) is 5.88 Å². The van der Waals surface area contributed by atoms with Gasteiger partial charge in [-0.25, -0.2) is 4.79 Å². The van der Waals surface area contributed by atoms with Gasteiger partial charge in [-0.2, -0.15) is 0 Å². The van der Waals surface area contributed by atoms with Gasteiger partial charge >= 0.3 is 5.97 Å². The molecular formula is C12H14BrClO3. The summed E-state index contributed by atoms with van der Waals surface area (Å²) in [6.45, 7) is 0. The predicted octanol–water partition coefficient (Wildman–Crippen LogP) is 2.87. The number of hydrogen-bond acceptors (Lipinski definition) is 2. The molecule has 1 atom stereocenters. The molecule has 3 nitrogen and oxygen atoms in total. The number of aliphatic hydroxyl groups is 1. The minimum atomic E-state index is -1.47. The molecule has 0 amide bonds. The predicted molar refractivity (Wildman–Crippen MR) is 70.7 cm³/mol. The lowest BCUT2D eigenvalue weighted by Gasteiger charge is -2.12. The Hall–Kier alpha value is -0.580. The first-order chi connectivity index (χ1) is 8.10. The molecule has 0 aliphatic carbocycles. The van der Waals surface area contributed by atoms with Gasteiger partial charge in [-0.05, 0) is 29.5 Å². The zero-order valence-electron chi connectivity index (χ0n) is 9.20. The van der Waals surface area contributed by atoms with E-state index < -0.39 is 12.1 Å². The molecule has 1 rings (SSSR count). The highest BCUT2D eigenvalue weighted by molar-refractivity contribution is 9.08. The lowest BCUT2D eigenvalue weighted by Crippen LogP contribution is -2.12. The number of carboxylic acids is 1. The summed E-state index contributed by atoms with van der Waals surface area (Å²) in [5, 5.41) is 19.0. The smallest absolute Gasteiger partial charge is 0.337 e. The first-order valence-corrected chi connectivity index (χ1v) is 6.90. The van der Waals surface area contributed by atoms with Crippen LogP contribution < -0.4 is 0 Å². The van der Waals surface area contributed by atoms with Gasteiger partial charge in [0.15, 0.2) is 6.10 Å². The fourth-order valence-corrected chi connectivity index (χ4v) is 2.22. The van der Waals surface area contributed by atoms with Crippen molar-refractivity contribution >= 4 is 33.5 Å². The summed E-state index contributed by atoms with van der Waals surface area (Å²) in [6, 6.07) is 5.50. The van der Waals surface area contributed by atoms with Crippen molar-refractivity contribution in [1.29, 1.82) is 0 Å². The van der Waals surface area contributed by atoms with Gasteiger partial charge < -0.3 is 10.2 Å². The molecule has 0 aliphatic rings. The van der Waals surface area contributed by atoms with Crippen molar-refractivity contribution in [2.45, 2.75) is 24.3 Å². The zero-order valence-corrected chi connectivity index (χ0v) is 11.5. The lowest BCUT2D eigenvalue weighted by molar-refractivity contribution is -0.147. The maximum Gasteiger partial charge on any atom is 0.337 e. The van der Waals surface area contributed by atoms with Crippen molar-refractivity contribution in [3.8, 4) is 0 Å². The molecule has 0 fully saturated rings. The molecule has 0 aliphatic heterocycles. The van der Waals surface area contributed by atoms with Crippen molar-refractivity contribution in [2.24, 2.45) is 0 Å². The molecule has 2 N–H and O–H groups in total. The van der Waals surface area contributed by atoms with Crippen molar-refractivity contribution in [1.82, 2.24) is 0 Å². The summed E-state index contributed by atoms with van der Waals surface area (Å²) in [6.07, 6.45) is 0.141. The quantitative estimate of drug-likeness (QED) is 0.792. The van der Waals surface area contributed by atoms with E-state index >= 15 is 0 Å². The molecule has 0 bridgehead atoms. The summed E-state index contributed by atoms with van der Waals surface area (Å²) >= 11 is 8.89. The molecule has 0 radical (unpaired) electrons. The molecule has 0 spiro atoms. The Labute approximate surface area is 114 Å². The van der Waals surface area contributed by atoms with Gasteiger partial charge in [-0.3, -0.25) is 0 Å². The minimum absolute atomic E-state index is 0.446. The summed E-state index contributed by atoms with van der Waals surface area (Å²) in [7, 11) is 0. The molecular weight excluding hydrogens is 307 g/mol. The van der Waals surface area contributed by atoms with Crippen LogP contribution in [0.3, 0.4) is 0 Å². The van der Waals surface area contributed by atoms with Crippen molar-refractivity contribution in [3.63, 3.8) is 0 Å². The number of aliphatic carboxylic acids is 1. The van der Waals surface area contributed by atoms with Gasteiger partial charge in [-0.15, -0.1) is 11.6 Å². The summed E-state index contributed by atoms with van der Waals surface area (Å²) < 4.78 is 0. The van der Waals surface area contributed by atoms with Crippen LogP contribution in [0.15, 0.2) is 18.2 Å². The summed E-state index contributed by atoms with van der Waals surface area (Å²) in [5.41, 5.74) is 2.22. The van der Waals surface area contributed by atoms with Gasteiger partial charge in [-0.1, -0.05) is 34.1 Å². The van der Waals surface area contributed by atoms with Gasteiger partial charge in [0.25, 0.3) is 0 Å². The maximum absolute atomic E-state index is 10.8. The summed E-state index contributed by atoms with van der Waals surface area (Å²) in [5.74, 6) is -0.668. The van der Waals surface area contributed by atoms with E-state index in [1.54, 1.807) is 6.07 Å². The highest BCUT2D eigenvalue weighted by atomic mass is 79.9. The molecule has 0 saturated carbocycles. The molecule has 17 heavy (non-hydrogen) atoms. The topological polar surface area (TPSA) is 57.5 Å². The first kappa shape index (κ1) is 14.5. The fourth-order valence-electron chi connectivity index (χ4n) is 1.58. The molecule has 0 aromatic heterocycles. The van der Waals surface area contributed by atoms with Gasteiger partial charge in [0.1, 0.15) is 0 Å². The van der Waals surface area contributed by atoms with E-state index in [0.29, 0.717) is 16.8 Å². The van der Waals surface area contributed by atoms with E-state index in [-0.39, 0.29) is 0 Å². The Morgan fingerprint density at radius 3 is 2.71 bits per heavy atom. The molecule has 0 saturated heterocycles. The zero-order chi connectivity index (χ0) is 12.8. The van der Waals surface area contributed by atoms with Crippen LogP contribution in [-0.4, -0.2) is 22.1 Å². The second-order valence-electron chi connectivity index (χ2n) is 3.70. The monoisotopic (exact) mass is 320 g/mol. The standard InChI is InChI=1S/C12H14BrClO3/c13-7-9-4-3-8(2-1-5-14)6-10(9)11(15)12(16)17/h3-4,6,11,15H,1-2,5,7H2,(H,16,17). The number of rotatable bonds is 6. The highest BCUT2D eigenvalue weighted by Crippen LogP contribution is 2.23. The highest BCUT2D eigenvalue weighted by Gasteiger charge is 2.19. The van der Waals surface area contributed by atoms with Gasteiger partial charge in [0, 0.05) is 11.2 Å². The van der Waals surface area contributed by atoms with Crippen LogP contribution in [0.4, 0.5) is 0 Å². The molecule has 0 heterocycles. The third-order valence-electron chi connectivity index (χ3n) is 2.48. The lowest BCUT2D eigenvalue weighted by atomic mass is 9.98. The Morgan fingerprint density at radius 2 is 2.18 bits per heavy atom. The Kier molecular flexibility index (Phi) is 5.95. The Balaban J connectivity index is 3.01. The van der Waals surface area contributed by atoms with E-state index in [1.807, 2.05) is 12.1 Å². The van der Waals surface area contributed by atoms with E-state index in [1.165, 1.54) is 0 Å². The van der Waals surface area contributed by atoms with Crippen LogP contribution in [0, 0.1) is 0 Å². The molecule has 94 valence electrons. The third-order valence-corrected chi connectivity index (χ3v) is 3.35. The normalized spacial score (nSPS) is 12.4. The molecule has 5 heteroatoms. The second kappa shape index (κ2) is 6.99. The van der Waals surface area contributed by atoms with E-state index in [9.17, 15) is 9.90 Å². The van der Waals surface area contributed by atoms with Crippen molar-refractivity contribution in [3.05, 3.63) is 34.9 Å². The van der Waals surface area contributed by atoms with Crippen molar-refractivity contribution < 1.29 is 15.0 Å². The van der Waals surface area contributed by atoms with Crippen LogP contribution in [0.25, 0.3) is 0 Å². The number of benzene rings is 1. The summed E-state index contributed by atoms with van der Waals surface area (Å²) in [4.78, 5) is 10.8. The number of carbonyl (C=O) groups is 1. The average Bonchev–Trinajstić information content (AvgIpc) is 2.34. The average molecular weight is 322 g/mol. The van der Waals surface area contributed by atoms with Crippen LogP contribution in [-0.2, 0) is 16.5 Å². The fraction of sp³-hybridized carbons (Fsp3) is 0.417. The molecule has 1 aromatic carbocycles. The number of carboxylic acid groups (broad SMARTS) is 1. The minimum Gasteiger partial charge on any atom is -0.479 e. The number of hydrogen-bond donors (Lipinski definition) is 2. The van der Waals surface area contributed by atoms with Gasteiger partial charge in [0.2, 0.25) is 0 Å². The van der Waals surface area contributed by atoms with Crippen LogP contribution in [0.5, 0.6) is 0 Å². The third kappa shape index (κ3) is 3.98. The Bertz CT molecular complexity index is 395.